The maximum absolute atomic E-state index is 12.2. The number of nitrogens with zero attached hydrogens (tertiary/aromatic N) is 1. The average Bonchev–Trinajstić information content (AvgIpc) is 2.64. The van der Waals surface area contributed by atoms with E-state index >= 15 is 0 Å². The molecule has 0 saturated carbocycles. The molecule has 5 nitrogen and oxygen atoms in total. The minimum absolute atomic E-state index is 0.0217. The quantitative estimate of drug-likeness (QED) is 0.849. The summed E-state index contributed by atoms with van der Waals surface area (Å²) in [4.78, 5) is 14.4. The van der Waals surface area contributed by atoms with Gasteiger partial charge in [-0.15, -0.1) is 0 Å². The molecule has 0 spiro atoms. The van der Waals surface area contributed by atoms with Gasteiger partial charge >= 0.3 is 0 Å². The molecule has 2 aromatic carbocycles. The fourth-order valence-electron chi connectivity index (χ4n) is 3.07. The van der Waals surface area contributed by atoms with E-state index < -0.39 is 0 Å². The molecular weight excluding hydrogens is 314 g/mol. The zero-order chi connectivity index (χ0) is 17.5. The second-order valence-corrected chi connectivity index (χ2v) is 6.35. The highest BCUT2D eigenvalue weighted by molar-refractivity contribution is 5.92. The van der Waals surface area contributed by atoms with Gasteiger partial charge in [0, 0.05) is 18.3 Å². The highest BCUT2D eigenvalue weighted by Gasteiger charge is 2.20. The first-order chi connectivity index (χ1) is 12.2. The highest BCUT2D eigenvalue weighted by Crippen LogP contribution is 2.22. The van der Waals surface area contributed by atoms with Gasteiger partial charge in [-0.2, -0.15) is 0 Å². The average molecular weight is 339 g/mol. The van der Waals surface area contributed by atoms with Crippen molar-refractivity contribution in [1.82, 2.24) is 10.2 Å². The van der Waals surface area contributed by atoms with E-state index in [1.165, 1.54) is 6.42 Å². The second kappa shape index (κ2) is 8.65. The molecule has 1 atom stereocenters. The van der Waals surface area contributed by atoms with Crippen molar-refractivity contribution in [3.8, 4) is 11.5 Å². The summed E-state index contributed by atoms with van der Waals surface area (Å²) in [5, 5.41) is 6.25. The normalized spacial score (nSPS) is 17.9. The van der Waals surface area contributed by atoms with E-state index in [2.05, 4.69) is 15.5 Å². The molecule has 1 amide bonds. The van der Waals surface area contributed by atoms with Gasteiger partial charge in [-0.25, -0.2) is 0 Å². The number of ether oxygens (including phenoxy) is 1. The molecule has 1 saturated heterocycles. The number of carbonyl (C=O) groups is 1. The van der Waals surface area contributed by atoms with Crippen molar-refractivity contribution >= 4 is 11.6 Å². The van der Waals surface area contributed by atoms with Crippen LogP contribution < -0.4 is 15.4 Å². The fourth-order valence-corrected chi connectivity index (χ4v) is 3.07. The number of likely N-dealkylation sites (N-methyl/N-ethyl adjacent to an activating group) is 1. The summed E-state index contributed by atoms with van der Waals surface area (Å²) in [5.74, 6) is 1.56. The van der Waals surface area contributed by atoms with Crippen LogP contribution in [0, 0.1) is 0 Å². The molecule has 3 rings (SSSR count). The van der Waals surface area contributed by atoms with Gasteiger partial charge in [0.05, 0.1) is 6.54 Å². The lowest BCUT2D eigenvalue weighted by Gasteiger charge is -2.31. The third kappa shape index (κ3) is 5.31. The number of para-hydroxylation sites is 1. The van der Waals surface area contributed by atoms with Gasteiger partial charge < -0.3 is 15.4 Å². The van der Waals surface area contributed by atoms with Gasteiger partial charge in [-0.1, -0.05) is 18.2 Å². The number of benzene rings is 2. The van der Waals surface area contributed by atoms with Crippen LogP contribution in [-0.4, -0.2) is 43.5 Å². The SMILES string of the molecule is CNC1CCCN(CC(=O)Nc2ccc(Oc3ccccc3)cc2)C1. The van der Waals surface area contributed by atoms with Crippen molar-refractivity contribution in [3.05, 3.63) is 54.6 Å². The Balaban J connectivity index is 1.50. The summed E-state index contributed by atoms with van der Waals surface area (Å²) >= 11 is 0. The third-order valence-electron chi connectivity index (χ3n) is 4.40. The molecule has 1 heterocycles. The molecule has 1 fully saturated rings. The molecule has 132 valence electrons. The van der Waals surface area contributed by atoms with Gasteiger partial charge in [-0.3, -0.25) is 9.69 Å². The molecule has 2 aromatic rings. The van der Waals surface area contributed by atoms with E-state index in [-0.39, 0.29) is 5.91 Å². The largest absolute Gasteiger partial charge is 0.457 e. The molecule has 0 aliphatic carbocycles. The number of carbonyl (C=O) groups excluding carboxylic acids is 1. The maximum atomic E-state index is 12.2. The van der Waals surface area contributed by atoms with Gasteiger partial charge in [0.25, 0.3) is 0 Å². The number of amides is 1. The van der Waals surface area contributed by atoms with E-state index in [0.717, 1.165) is 36.7 Å². The lowest BCUT2D eigenvalue weighted by atomic mass is 10.1. The lowest BCUT2D eigenvalue weighted by molar-refractivity contribution is -0.117. The van der Waals surface area contributed by atoms with Gasteiger partial charge in [-0.05, 0) is 62.8 Å². The highest BCUT2D eigenvalue weighted by atomic mass is 16.5. The Kier molecular flexibility index (Phi) is 6.04. The van der Waals surface area contributed by atoms with Crippen LogP contribution in [0.1, 0.15) is 12.8 Å². The summed E-state index contributed by atoms with van der Waals surface area (Å²) < 4.78 is 5.76. The first-order valence-corrected chi connectivity index (χ1v) is 8.75. The summed E-state index contributed by atoms with van der Waals surface area (Å²) in [5.41, 5.74) is 0.785. The standard InChI is InChI=1S/C20H25N3O2/c1-21-17-6-5-13-23(14-17)15-20(24)22-16-9-11-19(12-10-16)25-18-7-3-2-4-8-18/h2-4,7-12,17,21H,5-6,13-15H2,1H3,(H,22,24). The van der Waals surface area contributed by atoms with Gasteiger partial charge in [0.15, 0.2) is 0 Å². The van der Waals surface area contributed by atoms with Crippen LogP contribution in [0.5, 0.6) is 11.5 Å². The number of hydrogen-bond acceptors (Lipinski definition) is 4. The lowest BCUT2D eigenvalue weighted by Crippen LogP contribution is -2.46. The number of rotatable bonds is 6. The van der Waals surface area contributed by atoms with Crippen LogP contribution in [0.2, 0.25) is 0 Å². The van der Waals surface area contributed by atoms with Crippen molar-refractivity contribution in [2.45, 2.75) is 18.9 Å². The summed E-state index contributed by atoms with van der Waals surface area (Å²) in [7, 11) is 1.98. The molecule has 2 N–H and O–H groups in total. The third-order valence-corrected chi connectivity index (χ3v) is 4.40. The minimum Gasteiger partial charge on any atom is -0.457 e. The fraction of sp³-hybridized carbons (Fsp3) is 0.350. The first kappa shape index (κ1) is 17.5. The summed E-state index contributed by atoms with van der Waals surface area (Å²) in [6.45, 7) is 2.34. The first-order valence-electron chi connectivity index (χ1n) is 8.75. The summed E-state index contributed by atoms with van der Waals surface area (Å²) in [6.07, 6.45) is 2.31. The number of nitrogens with one attached hydrogen (secondary N) is 2. The predicted molar refractivity (Wildman–Crippen MR) is 100 cm³/mol. The van der Waals surface area contributed by atoms with E-state index in [9.17, 15) is 4.79 Å². The Bertz CT molecular complexity index is 673. The molecule has 25 heavy (non-hydrogen) atoms. The van der Waals surface area contributed by atoms with Crippen molar-refractivity contribution in [3.63, 3.8) is 0 Å². The van der Waals surface area contributed by atoms with Crippen LogP contribution in [0.4, 0.5) is 5.69 Å². The number of likely N-dealkylation sites (tertiary alicyclic amines) is 1. The van der Waals surface area contributed by atoms with E-state index in [1.54, 1.807) is 0 Å². The van der Waals surface area contributed by atoms with Crippen molar-refractivity contribution < 1.29 is 9.53 Å². The van der Waals surface area contributed by atoms with E-state index in [1.807, 2.05) is 61.6 Å². The van der Waals surface area contributed by atoms with E-state index in [4.69, 9.17) is 4.74 Å². The molecule has 1 unspecified atom stereocenters. The number of piperidine rings is 1. The van der Waals surface area contributed by atoms with Crippen molar-refractivity contribution in [2.24, 2.45) is 0 Å². The molecule has 5 heteroatoms. The van der Waals surface area contributed by atoms with E-state index in [0.29, 0.717) is 12.6 Å². The van der Waals surface area contributed by atoms with Gasteiger partial charge in [0.1, 0.15) is 11.5 Å². The van der Waals surface area contributed by atoms with Crippen molar-refractivity contribution in [2.75, 3.05) is 32.0 Å². The van der Waals surface area contributed by atoms with Crippen LogP contribution in [0.15, 0.2) is 54.6 Å². The number of anilines is 1. The predicted octanol–water partition coefficient (Wildman–Crippen LogP) is 3.10. The number of hydrogen-bond donors (Lipinski definition) is 2. The smallest absolute Gasteiger partial charge is 0.238 e. The molecule has 1 aliphatic rings. The Morgan fingerprint density at radius 1 is 1.12 bits per heavy atom. The Morgan fingerprint density at radius 2 is 1.84 bits per heavy atom. The Morgan fingerprint density at radius 3 is 2.56 bits per heavy atom. The Labute approximate surface area is 149 Å². The summed E-state index contributed by atoms with van der Waals surface area (Å²) in [6, 6.07) is 17.6. The second-order valence-electron chi connectivity index (χ2n) is 6.35. The minimum atomic E-state index is 0.0217. The molecule has 0 aromatic heterocycles. The topological polar surface area (TPSA) is 53.6 Å². The zero-order valence-corrected chi connectivity index (χ0v) is 14.6. The molecular formula is C20H25N3O2. The maximum Gasteiger partial charge on any atom is 0.238 e. The van der Waals surface area contributed by atoms with Crippen molar-refractivity contribution in [1.29, 1.82) is 0 Å². The zero-order valence-electron chi connectivity index (χ0n) is 14.6. The van der Waals surface area contributed by atoms with Crippen LogP contribution in [-0.2, 0) is 4.79 Å². The van der Waals surface area contributed by atoms with Crippen LogP contribution in [0.3, 0.4) is 0 Å². The Hall–Kier alpha value is -2.37. The molecule has 0 radical (unpaired) electrons. The van der Waals surface area contributed by atoms with Gasteiger partial charge in [0.2, 0.25) is 5.91 Å². The monoisotopic (exact) mass is 339 g/mol. The van der Waals surface area contributed by atoms with Crippen LogP contribution in [0.25, 0.3) is 0 Å². The molecule has 1 aliphatic heterocycles. The molecule has 0 bridgehead atoms. The van der Waals surface area contributed by atoms with Crippen LogP contribution >= 0.6 is 0 Å².